The van der Waals surface area contributed by atoms with Crippen molar-refractivity contribution >= 4 is 0 Å². The van der Waals surface area contributed by atoms with Gasteiger partial charge in [-0.05, 0) is 88.9 Å². The molecule has 116 valence electrons. The fraction of sp³-hybridized carbons (Fsp3) is 1.00. The van der Waals surface area contributed by atoms with Crippen molar-refractivity contribution in [3.05, 3.63) is 0 Å². The first-order valence-corrected chi connectivity index (χ1v) is 8.79. The van der Waals surface area contributed by atoms with Gasteiger partial charge in [0.25, 0.3) is 0 Å². The second-order valence-corrected chi connectivity index (χ2v) is 8.00. The lowest BCUT2D eigenvalue weighted by molar-refractivity contribution is 0.00463. The Morgan fingerprint density at radius 3 is 2.10 bits per heavy atom. The van der Waals surface area contributed by atoms with Crippen molar-refractivity contribution < 1.29 is 9.47 Å². The van der Waals surface area contributed by atoms with Gasteiger partial charge >= 0.3 is 0 Å². The van der Waals surface area contributed by atoms with E-state index in [2.05, 4.69) is 27.7 Å². The van der Waals surface area contributed by atoms with Crippen LogP contribution in [0.3, 0.4) is 0 Å². The maximum Gasteiger partial charge on any atom is 0.0519 e. The second kappa shape index (κ2) is 5.96. The van der Waals surface area contributed by atoms with E-state index in [1.807, 2.05) is 0 Å². The van der Waals surface area contributed by atoms with Crippen LogP contribution in [-0.2, 0) is 9.47 Å². The summed E-state index contributed by atoms with van der Waals surface area (Å²) in [5.74, 6) is 5.63. The Labute approximate surface area is 124 Å². The Hall–Kier alpha value is -0.0800. The lowest BCUT2D eigenvalue weighted by Crippen LogP contribution is -2.31. The van der Waals surface area contributed by atoms with Crippen molar-refractivity contribution in [2.75, 3.05) is 13.2 Å². The summed E-state index contributed by atoms with van der Waals surface area (Å²) in [7, 11) is 0. The molecule has 0 radical (unpaired) electrons. The predicted octanol–water partition coefficient (Wildman–Crippen LogP) is 4.13. The summed E-state index contributed by atoms with van der Waals surface area (Å²) in [5.41, 5.74) is 0. The van der Waals surface area contributed by atoms with E-state index in [1.54, 1.807) is 0 Å². The fourth-order valence-corrected chi connectivity index (χ4v) is 5.43. The Bertz CT molecular complexity index is 325. The van der Waals surface area contributed by atoms with Crippen LogP contribution >= 0.6 is 0 Å². The maximum atomic E-state index is 5.92. The highest BCUT2D eigenvalue weighted by Crippen LogP contribution is 2.62. The van der Waals surface area contributed by atoms with Crippen molar-refractivity contribution in [1.29, 1.82) is 0 Å². The van der Waals surface area contributed by atoms with Gasteiger partial charge in [0.1, 0.15) is 0 Å². The number of rotatable bonds is 6. The first-order valence-electron chi connectivity index (χ1n) is 8.79. The lowest BCUT2D eigenvalue weighted by Gasteiger charge is -2.34. The summed E-state index contributed by atoms with van der Waals surface area (Å²) in [6.45, 7) is 10.7. The van der Waals surface area contributed by atoms with Crippen molar-refractivity contribution in [3.8, 4) is 0 Å². The van der Waals surface area contributed by atoms with Gasteiger partial charge in [-0.2, -0.15) is 0 Å². The van der Waals surface area contributed by atoms with E-state index in [0.717, 1.165) is 48.7 Å². The molecule has 0 amide bonds. The zero-order valence-electron chi connectivity index (χ0n) is 13.7. The minimum atomic E-state index is 0.389. The molecule has 0 aromatic heterocycles. The molecule has 3 aliphatic carbocycles. The van der Waals surface area contributed by atoms with Gasteiger partial charge in [0.2, 0.25) is 0 Å². The molecule has 20 heavy (non-hydrogen) atoms. The maximum absolute atomic E-state index is 5.92. The Morgan fingerprint density at radius 2 is 1.45 bits per heavy atom. The summed E-state index contributed by atoms with van der Waals surface area (Å²) in [4.78, 5) is 0. The van der Waals surface area contributed by atoms with Crippen molar-refractivity contribution in [2.45, 2.75) is 65.6 Å². The minimum Gasteiger partial charge on any atom is -0.378 e. The van der Waals surface area contributed by atoms with E-state index < -0.39 is 0 Å². The first kappa shape index (κ1) is 14.8. The third-order valence-electron chi connectivity index (χ3n) is 6.08. The SMILES string of the molecule is CC(C)OCC1CC2CC1C1CCC(COC(C)C)C21. The van der Waals surface area contributed by atoms with Gasteiger partial charge in [0.15, 0.2) is 0 Å². The van der Waals surface area contributed by atoms with E-state index >= 15 is 0 Å². The summed E-state index contributed by atoms with van der Waals surface area (Å²) >= 11 is 0. The molecule has 3 fully saturated rings. The van der Waals surface area contributed by atoms with E-state index in [4.69, 9.17) is 9.47 Å². The van der Waals surface area contributed by atoms with Gasteiger partial charge < -0.3 is 9.47 Å². The third-order valence-corrected chi connectivity index (χ3v) is 6.08. The van der Waals surface area contributed by atoms with Crippen molar-refractivity contribution in [1.82, 2.24) is 0 Å². The molecule has 0 aliphatic heterocycles. The topological polar surface area (TPSA) is 18.5 Å². The Kier molecular flexibility index (Phi) is 4.42. The van der Waals surface area contributed by atoms with Crippen molar-refractivity contribution in [2.24, 2.45) is 35.5 Å². The van der Waals surface area contributed by atoms with Gasteiger partial charge in [0.05, 0.1) is 25.4 Å². The molecule has 6 unspecified atom stereocenters. The van der Waals surface area contributed by atoms with Crippen LogP contribution in [0.25, 0.3) is 0 Å². The molecular weight excluding hydrogens is 248 g/mol. The van der Waals surface area contributed by atoms with Gasteiger partial charge in [-0.3, -0.25) is 0 Å². The zero-order valence-corrected chi connectivity index (χ0v) is 13.7. The number of ether oxygens (including phenoxy) is 2. The molecule has 6 atom stereocenters. The van der Waals surface area contributed by atoms with Gasteiger partial charge in [0, 0.05) is 0 Å². The molecule has 0 saturated heterocycles. The van der Waals surface area contributed by atoms with E-state index in [0.29, 0.717) is 12.2 Å². The average Bonchev–Trinajstić information content (AvgIpc) is 3.05. The highest BCUT2D eigenvalue weighted by molar-refractivity contribution is 5.05. The standard InChI is InChI=1S/C18H32O2/c1-11(2)19-9-13-5-6-16-17-8-14(18(13)16)7-15(17)10-20-12(3)4/h11-18H,5-10H2,1-4H3. The molecule has 0 spiro atoms. The highest BCUT2D eigenvalue weighted by Gasteiger charge is 2.56. The number of hydrogen-bond donors (Lipinski definition) is 0. The molecule has 0 aromatic rings. The molecule has 3 rings (SSSR count). The molecule has 0 heterocycles. The Morgan fingerprint density at radius 1 is 0.800 bits per heavy atom. The number of fused-ring (bicyclic) bond motifs is 5. The van der Waals surface area contributed by atoms with Crippen LogP contribution in [0.5, 0.6) is 0 Å². The molecule has 2 bridgehead atoms. The van der Waals surface area contributed by atoms with Crippen LogP contribution in [-0.4, -0.2) is 25.4 Å². The summed E-state index contributed by atoms with van der Waals surface area (Å²) < 4.78 is 11.8. The van der Waals surface area contributed by atoms with E-state index in [1.165, 1.54) is 25.7 Å². The summed E-state index contributed by atoms with van der Waals surface area (Å²) in [6.07, 6.45) is 6.56. The van der Waals surface area contributed by atoms with Crippen LogP contribution < -0.4 is 0 Å². The van der Waals surface area contributed by atoms with E-state index in [9.17, 15) is 0 Å². The molecule has 3 aliphatic rings. The molecule has 0 N–H and O–H groups in total. The van der Waals surface area contributed by atoms with Crippen LogP contribution in [0.4, 0.5) is 0 Å². The summed E-state index contributed by atoms with van der Waals surface area (Å²) in [5, 5.41) is 0. The van der Waals surface area contributed by atoms with Crippen LogP contribution in [0, 0.1) is 35.5 Å². The monoisotopic (exact) mass is 280 g/mol. The zero-order chi connectivity index (χ0) is 14.3. The fourth-order valence-electron chi connectivity index (χ4n) is 5.43. The molecule has 2 nitrogen and oxygen atoms in total. The largest absolute Gasteiger partial charge is 0.378 e. The van der Waals surface area contributed by atoms with Crippen LogP contribution in [0.15, 0.2) is 0 Å². The molecule has 2 heteroatoms. The molecule has 0 aromatic carbocycles. The highest BCUT2D eigenvalue weighted by atomic mass is 16.5. The van der Waals surface area contributed by atoms with E-state index in [-0.39, 0.29) is 0 Å². The lowest BCUT2D eigenvalue weighted by atomic mass is 9.73. The quantitative estimate of drug-likeness (QED) is 0.728. The Balaban J connectivity index is 1.55. The number of hydrogen-bond acceptors (Lipinski definition) is 2. The predicted molar refractivity (Wildman–Crippen MR) is 81.6 cm³/mol. The van der Waals surface area contributed by atoms with Gasteiger partial charge in [-0.15, -0.1) is 0 Å². The average molecular weight is 280 g/mol. The smallest absolute Gasteiger partial charge is 0.0519 e. The first-order chi connectivity index (χ1) is 9.56. The van der Waals surface area contributed by atoms with Crippen LogP contribution in [0.2, 0.25) is 0 Å². The normalized spacial score (nSPS) is 42.9. The minimum absolute atomic E-state index is 0.389. The molecular formula is C18H32O2. The van der Waals surface area contributed by atoms with Gasteiger partial charge in [-0.1, -0.05) is 0 Å². The summed E-state index contributed by atoms with van der Waals surface area (Å²) in [6, 6.07) is 0. The van der Waals surface area contributed by atoms with Gasteiger partial charge in [-0.25, -0.2) is 0 Å². The van der Waals surface area contributed by atoms with Crippen molar-refractivity contribution in [3.63, 3.8) is 0 Å². The third kappa shape index (κ3) is 2.78. The van der Waals surface area contributed by atoms with Crippen LogP contribution in [0.1, 0.15) is 53.4 Å². The second-order valence-electron chi connectivity index (χ2n) is 8.00. The molecule has 3 saturated carbocycles.